The smallest absolute Gasteiger partial charge is 0.233 e. The molecule has 0 saturated heterocycles. The summed E-state index contributed by atoms with van der Waals surface area (Å²) in [5, 5.41) is 9.49. The molecule has 0 unspecified atom stereocenters. The summed E-state index contributed by atoms with van der Waals surface area (Å²) in [5.74, 6) is 1.08. The van der Waals surface area contributed by atoms with Crippen molar-refractivity contribution in [2.45, 2.75) is 18.2 Å². The Morgan fingerprint density at radius 1 is 0.935 bits per heavy atom. The second-order valence-corrected chi connectivity index (χ2v) is 8.09. The zero-order chi connectivity index (χ0) is 21.5. The number of nitrogens with zero attached hydrogens (tertiary/aromatic N) is 5. The minimum absolute atomic E-state index is 0.0473. The molecule has 4 aromatic rings. The van der Waals surface area contributed by atoms with Gasteiger partial charge in [-0.05, 0) is 23.3 Å². The van der Waals surface area contributed by atoms with Gasteiger partial charge in [-0.1, -0.05) is 72.4 Å². The summed E-state index contributed by atoms with van der Waals surface area (Å²) in [6.07, 6.45) is 3.51. The largest absolute Gasteiger partial charge is 0.341 e. The van der Waals surface area contributed by atoms with Crippen molar-refractivity contribution < 1.29 is 4.79 Å². The average Bonchev–Trinajstić information content (AvgIpc) is 3.21. The van der Waals surface area contributed by atoms with E-state index in [1.54, 1.807) is 17.3 Å². The van der Waals surface area contributed by atoms with E-state index in [0.717, 1.165) is 22.5 Å². The van der Waals surface area contributed by atoms with Gasteiger partial charge in [-0.3, -0.25) is 14.3 Å². The maximum atomic E-state index is 12.7. The number of hydrogen-bond donors (Lipinski definition) is 0. The quantitative estimate of drug-likeness (QED) is 0.394. The molecule has 0 bridgehead atoms. The van der Waals surface area contributed by atoms with Crippen LogP contribution in [0.5, 0.6) is 0 Å². The summed E-state index contributed by atoms with van der Waals surface area (Å²) >= 11 is 1.41. The molecule has 31 heavy (non-hydrogen) atoms. The summed E-state index contributed by atoms with van der Waals surface area (Å²) in [4.78, 5) is 18.7. The third-order valence-corrected chi connectivity index (χ3v) is 5.78. The Labute approximate surface area is 186 Å². The monoisotopic (exact) mass is 429 g/mol. The number of aromatic nitrogens is 4. The Morgan fingerprint density at radius 2 is 1.65 bits per heavy atom. The number of benzene rings is 2. The van der Waals surface area contributed by atoms with Gasteiger partial charge in [0, 0.05) is 31.5 Å². The number of carbonyl (C=O) groups excluding carboxylic acids is 1. The van der Waals surface area contributed by atoms with E-state index in [9.17, 15) is 4.79 Å². The van der Waals surface area contributed by atoms with Gasteiger partial charge in [0.25, 0.3) is 0 Å². The van der Waals surface area contributed by atoms with Crippen molar-refractivity contribution in [3.05, 3.63) is 96.3 Å². The molecular formula is C24H23N5OS. The molecule has 156 valence electrons. The zero-order valence-electron chi connectivity index (χ0n) is 17.3. The summed E-state index contributed by atoms with van der Waals surface area (Å²) < 4.78 is 2.04. The van der Waals surface area contributed by atoms with Gasteiger partial charge in [0.2, 0.25) is 5.91 Å². The summed E-state index contributed by atoms with van der Waals surface area (Å²) in [5.41, 5.74) is 3.14. The molecule has 2 aromatic carbocycles. The van der Waals surface area contributed by atoms with Crippen LogP contribution in [0.15, 0.2) is 90.3 Å². The van der Waals surface area contributed by atoms with Crippen LogP contribution in [-0.4, -0.2) is 43.4 Å². The van der Waals surface area contributed by atoms with Gasteiger partial charge in [0.05, 0.1) is 12.3 Å². The molecule has 4 rings (SSSR count). The van der Waals surface area contributed by atoms with Gasteiger partial charge < -0.3 is 4.90 Å². The molecule has 7 heteroatoms. The number of rotatable bonds is 8. The molecule has 0 aliphatic rings. The van der Waals surface area contributed by atoms with Gasteiger partial charge >= 0.3 is 0 Å². The highest BCUT2D eigenvalue weighted by Crippen LogP contribution is 2.25. The van der Waals surface area contributed by atoms with Crippen LogP contribution in [0.25, 0.3) is 11.4 Å². The molecule has 0 spiro atoms. The van der Waals surface area contributed by atoms with E-state index in [-0.39, 0.29) is 5.91 Å². The fourth-order valence-electron chi connectivity index (χ4n) is 3.19. The van der Waals surface area contributed by atoms with Crippen molar-refractivity contribution in [3.63, 3.8) is 0 Å². The van der Waals surface area contributed by atoms with Crippen molar-refractivity contribution in [2.75, 3.05) is 12.8 Å². The topological polar surface area (TPSA) is 63.9 Å². The van der Waals surface area contributed by atoms with Crippen LogP contribution in [-0.2, 0) is 17.9 Å². The number of pyridine rings is 1. The molecule has 0 saturated carbocycles. The first-order valence-corrected chi connectivity index (χ1v) is 11.0. The normalized spacial score (nSPS) is 10.7. The predicted molar refractivity (Wildman–Crippen MR) is 122 cm³/mol. The van der Waals surface area contributed by atoms with Gasteiger partial charge in [0.1, 0.15) is 0 Å². The standard InChI is InChI=1S/C24H23N5OS/c1-28(16-19-9-4-2-5-10-19)22(30)18-31-24-27-26-23(21-13-8-14-25-15-21)29(24)17-20-11-6-3-7-12-20/h2-15H,16-18H2,1H3. The van der Waals surface area contributed by atoms with E-state index in [4.69, 9.17) is 0 Å². The highest BCUT2D eigenvalue weighted by molar-refractivity contribution is 7.99. The summed E-state index contributed by atoms with van der Waals surface area (Å²) in [7, 11) is 1.83. The SMILES string of the molecule is CN(Cc1ccccc1)C(=O)CSc1nnc(-c2cccnc2)n1Cc1ccccc1. The highest BCUT2D eigenvalue weighted by atomic mass is 32.2. The first-order valence-electron chi connectivity index (χ1n) is 9.99. The van der Waals surface area contributed by atoms with Crippen molar-refractivity contribution in [1.29, 1.82) is 0 Å². The molecule has 6 nitrogen and oxygen atoms in total. The third-order valence-electron chi connectivity index (χ3n) is 4.83. The molecule has 2 heterocycles. The predicted octanol–water partition coefficient (Wildman–Crippen LogP) is 4.14. The fraction of sp³-hybridized carbons (Fsp3) is 0.167. The Bertz CT molecular complexity index is 1120. The minimum atomic E-state index is 0.0473. The van der Waals surface area contributed by atoms with Gasteiger partial charge in [-0.2, -0.15) is 0 Å². The van der Waals surface area contributed by atoms with Crippen molar-refractivity contribution in [3.8, 4) is 11.4 Å². The number of thioether (sulfide) groups is 1. The summed E-state index contributed by atoms with van der Waals surface area (Å²) in [6.45, 7) is 1.20. The van der Waals surface area contributed by atoms with E-state index in [0.29, 0.717) is 24.0 Å². The maximum absolute atomic E-state index is 12.7. The fourth-order valence-corrected chi connectivity index (χ4v) is 4.07. The van der Waals surface area contributed by atoms with E-state index in [1.807, 2.05) is 72.3 Å². The van der Waals surface area contributed by atoms with Crippen LogP contribution in [0.3, 0.4) is 0 Å². The first kappa shape index (κ1) is 20.8. The lowest BCUT2D eigenvalue weighted by Gasteiger charge is -2.17. The molecule has 0 atom stereocenters. The molecule has 0 N–H and O–H groups in total. The van der Waals surface area contributed by atoms with Crippen molar-refractivity contribution in [2.24, 2.45) is 0 Å². The molecule has 2 aromatic heterocycles. The molecule has 0 fully saturated rings. The number of hydrogen-bond acceptors (Lipinski definition) is 5. The second kappa shape index (κ2) is 10.0. The molecule has 0 aliphatic carbocycles. The highest BCUT2D eigenvalue weighted by Gasteiger charge is 2.17. The van der Waals surface area contributed by atoms with Gasteiger partial charge in [-0.25, -0.2) is 0 Å². The number of carbonyl (C=O) groups is 1. The van der Waals surface area contributed by atoms with Crippen LogP contribution in [0.1, 0.15) is 11.1 Å². The molecule has 0 radical (unpaired) electrons. The van der Waals surface area contributed by atoms with Gasteiger partial charge in [-0.15, -0.1) is 10.2 Å². The van der Waals surface area contributed by atoms with E-state index < -0.39 is 0 Å². The zero-order valence-corrected chi connectivity index (χ0v) is 18.1. The van der Waals surface area contributed by atoms with Crippen molar-refractivity contribution >= 4 is 17.7 Å². The Balaban J connectivity index is 1.51. The van der Waals surface area contributed by atoms with Crippen molar-refractivity contribution in [1.82, 2.24) is 24.6 Å². The van der Waals surface area contributed by atoms with E-state index in [2.05, 4.69) is 27.3 Å². The second-order valence-electron chi connectivity index (χ2n) is 7.14. The van der Waals surface area contributed by atoms with Crippen LogP contribution in [0.4, 0.5) is 0 Å². The lowest BCUT2D eigenvalue weighted by atomic mass is 10.2. The molecule has 0 aliphatic heterocycles. The Morgan fingerprint density at radius 3 is 2.32 bits per heavy atom. The molecule has 1 amide bonds. The Kier molecular flexibility index (Phi) is 6.74. The van der Waals surface area contributed by atoms with Crippen LogP contribution in [0, 0.1) is 0 Å². The van der Waals surface area contributed by atoms with Crippen LogP contribution < -0.4 is 0 Å². The van der Waals surface area contributed by atoms with Gasteiger partial charge in [0.15, 0.2) is 11.0 Å². The average molecular weight is 430 g/mol. The molecular weight excluding hydrogens is 406 g/mol. The third kappa shape index (κ3) is 5.38. The first-order chi connectivity index (χ1) is 15.2. The lowest BCUT2D eigenvalue weighted by molar-refractivity contribution is -0.127. The number of amides is 1. The van der Waals surface area contributed by atoms with E-state index in [1.165, 1.54) is 11.8 Å². The van der Waals surface area contributed by atoms with E-state index >= 15 is 0 Å². The van der Waals surface area contributed by atoms with Crippen LogP contribution >= 0.6 is 11.8 Å². The maximum Gasteiger partial charge on any atom is 0.233 e. The Hall–Kier alpha value is -3.45. The summed E-state index contributed by atoms with van der Waals surface area (Å²) in [6, 6.07) is 24.0. The van der Waals surface area contributed by atoms with Crippen LogP contribution in [0.2, 0.25) is 0 Å². The lowest BCUT2D eigenvalue weighted by Crippen LogP contribution is -2.27. The minimum Gasteiger partial charge on any atom is -0.341 e.